The molecule has 0 aliphatic rings. The van der Waals surface area contributed by atoms with Gasteiger partial charge in [-0.3, -0.25) is 9.36 Å². The minimum absolute atomic E-state index is 0.0706. The minimum Gasteiger partial charge on any atom is -0.341 e. The number of aromatic nitrogens is 3. The fraction of sp³-hybridized carbons (Fsp3) is 0.381. The summed E-state index contributed by atoms with van der Waals surface area (Å²) < 4.78 is 15.3. The number of hydrogen-bond donors (Lipinski definition) is 0. The van der Waals surface area contributed by atoms with Gasteiger partial charge in [0.05, 0.1) is 0 Å². The number of amides is 1. The minimum atomic E-state index is -0.252. The number of carbonyl (C=O) groups is 1. The molecule has 0 N–H and O–H groups in total. The fourth-order valence-electron chi connectivity index (χ4n) is 3.10. The maximum Gasteiger partial charge on any atom is 0.242 e. The molecule has 0 atom stereocenters. The maximum atomic E-state index is 13.5. The third-order valence-corrected chi connectivity index (χ3v) is 5.41. The van der Waals surface area contributed by atoms with Crippen molar-refractivity contribution in [3.8, 4) is 0 Å². The molecule has 0 saturated carbocycles. The Bertz CT molecular complexity index is 937. The summed E-state index contributed by atoms with van der Waals surface area (Å²) >= 11 is 1.49. The van der Waals surface area contributed by atoms with Crippen molar-refractivity contribution in [3.05, 3.63) is 54.0 Å². The van der Waals surface area contributed by atoms with Crippen molar-refractivity contribution in [2.45, 2.75) is 44.1 Å². The number of hydrogen-bond acceptors (Lipinski definition) is 4. The number of rotatable bonds is 9. The first-order valence-electron chi connectivity index (χ1n) is 9.58. The van der Waals surface area contributed by atoms with Crippen molar-refractivity contribution in [1.82, 2.24) is 19.4 Å². The zero-order valence-electron chi connectivity index (χ0n) is 16.3. The lowest BCUT2D eigenvalue weighted by molar-refractivity contribution is -0.132. The van der Waals surface area contributed by atoms with E-state index in [1.54, 1.807) is 12.3 Å². The molecule has 0 radical (unpaired) electrons. The summed E-state index contributed by atoms with van der Waals surface area (Å²) in [4.78, 5) is 23.9. The Balaban J connectivity index is 1.85. The molecule has 0 unspecified atom stereocenters. The first kappa shape index (κ1) is 20.3. The molecule has 7 heteroatoms. The van der Waals surface area contributed by atoms with Crippen LogP contribution in [0.2, 0.25) is 0 Å². The van der Waals surface area contributed by atoms with Crippen LogP contribution in [0.4, 0.5) is 4.39 Å². The summed E-state index contributed by atoms with van der Waals surface area (Å²) in [5.74, 6) is 0.391. The summed E-state index contributed by atoms with van der Waals surface area (Å²) in [6.45, 7) is 5.85. The van der Waals surface area contributed by atoms with E-state index in [9.17, 15) is 9.18 Å². The lowest BCUT2D eigenvalue weighted by Crippen LogP contribution is -2.35. The van der Waals surface area contributed by atoms with Gasteiger partial charge in [0.15, 0.2) is 10.8 Å². The maximum absolute atomic E-state index is 13.5. The number of fused-ring (bicyclic) bond motifs is 1. The van der Waals surface area contributed by atoms with E-state index in [0.717, 1.165) is 42.2 Å². The van der Waals surface area contributed by atoms with Gasteiger partial charge < -0.3 is 4.90 Å². The second kappa shape index (κ2) is 9.68. The van der Waals surface area contributed by atoms with E-state index in [1.807, 2.05) is 27.7 Å². The number of benzene rings is 1. The lowest BCUT2D eigenvalue weighted by atomic mass is 10.2. The van der Waals surface area contributed by atoms with E-state index >= 15 is 0 Å². The van der Waals surface area contributed by atoms with Crippen LogP contribution in [0.25, 0.3) is 11.2 Å². The topological polar surface area (TPSA) is 51.0 Å². The Morgan fingerprint density at radius 1 is 1.18 bits per heavy atom. The number of imidazole rings is 1. The second-order valence-electron chi connectivity index (χ2n) is 6.63. The van der Waals surface area contributed by atoms with Gasteiger partial charge in [0, 0.05) is 25.0 Å². The molecule has 1 amide bonds. The Labute approximate surface area is 169 Å². The zero-order chi connectivity index (χ0) is 19.9. The Hall–Kier alpha value is -2.41. The molecule has 2 heterocycles. The molecule has 0 aliphatic heterocycles. The molecule has 0 bridgehead atoms. The van der Waals surface area contributed by atoms with Crippen LogP contribution in [0.1, 0.15) is 32.3 Å². The molecule has 0 aliphatic carbocycles. The molecule has 0 spiro atoms. The normalized spacial score (nSPS) is 11.1. The number of thioether (sulfide) groups is 1. The highest BCUT2D eigenvalue weighted by Crippen LogP contribution is 2.26. The molecule has 3 aromatic rings. The van der Waals surface area contributed by atoms with Crippen molar-refractivity contribution in [3.63, 3.8) is 0 Å². The average Bonchev–Trinajstić information content (AvgIpc) is 3.04. The quantitative estimate of drug-likeness (QED) is 0.496. The Morgan fingerprint density at radius 2 is 1.96 bits per heavy atom. The highest BCUT2D eigenvalue weighted by atomic mass is 32.2. The van der Waals surface area contributed by atoms with Crippen molar-refractivity contribution in [1.29, 1.82) is 0 Å². The van der Waals surface area contributed by atoms with Crippen LogP contribution in [0.3, 0.4) is 0 Å². The summed E-state index contributed by atoms with van der Waals surface area (Å²) in [6, 6.07) is 10.3. The average molecular weight is 401 g/mol. The molecule has 5 nitrogen and oxygen atoms in total. The third-order valence-electron chi connectivity index (χ3n) is 4.36. The van der Waals surface area contributed by atoms with Crippen molar-refractivity contribution < 1.29 is 9.18 Å². The van der Waals surface area contributed by atoms with Gasteiger partial charge in [-0.05, 0) is 42.7 Å². The van der Waals surface area contributed by atoms with Crippen LogP contribution in [0.15, 0.2) is 47.8 Å². The van der Waals surface area contributed by atoms with Gasteiger partial charge in [0.2, 0.25) is 5.91 Å². The van der Waals surface area contributed by atoms with E-state index in [0.29, 0.717) is 11.4 Å². The summed E-state index contributed by atoms with van der Waals surface area (Å²) in [6.07, 6.45) is 3.56. The van der Waals surface area contributed by atoms with E-state index < -0.39 is 0 Å². The van der Waals surface area contributed by atoms with E-state index in [1.165, 1.54) is 23.9 Å². The molecule has 2 aromatic heterocycles. The van der Waals surface area contributed by atoms with Crippen LogP contribution < -0.4 is 0 Å². The number of carbonyl (C=O) groups excluding carboxylic acids is 1. The van der Waals surface area contributed by atoms with Crippen LogP contribution in [0, 0.1) is 5.82 Å². The number of halogens is 1. The predicted octanol–water partition coefficient (Wildman–Crippen LogP) is 4.51. The molecule has 28 heavy (non-hydrogen) atoms. The highest BCUT2D eigenvalue weighted by Gasteiger charge is 2.18. The molecule has 1 aromatic carbocycles. The van der Waals surface area contributed by atoms with Gasteiger partial charge in [0.25, 0.3) is 0 Å². The summed E-state index contributed by atoms with van der Waals surface area (Å²) in [5, 5.41) is 0.722. The third kappa shape index (κ3) is 4.90. The largest absolute Gasteiger partial charge is 0.341 e. The van der Waals surface area contributed by atoms with Gasteiger partial charge in [0.1, 0.15) is 17.9 Å². The van der Waals surface area contributed by atoms with E-state index in [4.69, 9.17) is 0 Å². The van der Waals surface area contributed by atoms with E-state index in [2.05, 4.69) is 23.8 Å². The van der Waals surface area contributed by atoms with Gasteiger partial charge in [-0.25, -0.2) is 14.4 Å². The molecule has 0 fully saturated rings. The van der Waals surface area contributed by atoms with Gasteiger partial charge >= 0.3 is 0 Å². The van der Waals surface area contributed by atoms with Gasteiger partial charge in [-0.2, -0.15) is 0 Å². The first-order chi connectivity index (χ1) is 13.6. The molecule has 3 rings (SSSR count). The summed E-state index contributed by atoms with van der Waals surface area (Å²) in [5.41, 5.74) is 2.33. The van der Waals surface area contributed by atoms with Crippen molar-refractivity contribution in [2.75, 3.05) is 13.1 Å². The smallest absolute Gasteiger partial charge is 0.242 e. The summed E-state index contributed by atoms with van der Waals surface area (Å²) in [7, 11) is 0. The molecular weight excluding hydrogens is 375 g/mol. The SMILES string of the molecule is CCCN(CCC)C(=O)Cn1c(SCc2cccc(F)c2)nc2cccnc21. The monoisotopic (exact) mass is 400 g/mol. The zero-order valence-corrected chi connectivity index (χ0v) is 17.1. The first-order valence-corrected chi connectivity index (χ1v) is 10.6. The standard InChI is InChI=1S/C21H25FN4OS/c1-3-11-25(12-4-2)19(27)14-26-20-18(9-6-10-23-20)24-21(26)28-15-16-7-5-8-17(22)13-16/h5-10,13H,3-4,11-12,14-15H2,1-2H3. The van der Waals surface area contributed by atoms with Crippen LogP contribution in [-0.2, 0) is 17.1 Å². The van der Waals surface area contributed by atoms with Crippen molar-refractivity contribution in [2.24, 2.45) is 0 Å². The Morgan fingerprint density at radius 3 is 2.68 bits per heavy atom. The predicted molar refractivity (Wildman–Crippen MR) is 111 cm³/mol. The van der Waals surface area contributed by atoms with Gasteiger partial charge in [-0.1, -0.05) is 37.7 Å². The van der Waals surface area contributed by atoms with E-state index in [-0.39, 0.29) is 18.3 Å². The molecule has 0 saturated heterocycles. The Kier molecular flexibility index (Phi) is 7.03. The van der Waals surface area contributed by atoms with Crippen molar-refractivity contribution >= 4 is 28.8 Å². The highest BCUT2D eigenvalue weighted by molar-refractivity contribution is 7.98. The number of nitrogens with zero attached hydrogens (tertiary/aromatic N) is 4. The molecule has 148 valence electrons. The second-order valence-corrected chi connectivity index (χ2v) is 7.57. The van der Waals surface area contributed by atoms with Crippen LogP contribution >= 0.6 is 11.8 Å². The van der Waals surface area contributed by atoms with Gasteiger partial charge in [-0.15, -0.1) is 0 Å². The van der Waals surface area contributed by atoms with Crippen LogP contribution in [0.5, 0.6) is 0 Å². The van der Waals surface area contributed by atoms with Crippen LogP contribution in [-0.4, -0.2) is 38.4 Å². The number of pyridine rings is 1. The fourth-order valence-corrected chi connectivity index (χ4v) is 4.05. The molecular formula is C21H25FN4OS. The lowest BCUT2D eigenvalue weighted by Gasteiger charge is -2.22.